The van der Waals surface area contributed by atoms with Crippen LogP contribution in [0.5, 0.6) is 0 Å². The zero-order valence-electron chi connectivity index (χ0n) is 7.63. The van der Waals surface area contributed by atoms with Gasteiger partial charge in [0.2, 0.25) is 6.54 Å². The van der Waals surface area contributed by atoms with Gasteiger partial charge in [-0.1, -0.05) is 0 Å². The van der Waals surface area contributed by atoms with Crippen LogP contribution in [0, 0.1) is 10.1 Å². The molecule has 0 aromatic heterocycles. The van der Waals surface area contributed by atoms with Gasteiger partial charge in [0.1, 0.15) is 0 Å². The van der Waals surface area contributed by atoms with E-state index < -0.39 is 29.5 Å². The molecule has 0 aliphatic rings. The van der Waals surface area contributed by atoms with Gasteiger partial charge in [-0.05, 0) is 6.92 Å². The van der Waals surface area contributed by atoms with Crippen molar-refractivity contribution in [3.05, 3.63) is 10.1 Å². The zero-order valence-corrected chi connectivity index (χ0v) is 7.63. The molecule has 0 radical (unpaired) electrons. The highest BCUT2D eigenvalue weighted by Gasteiger charge is 2.15. The Morgan fingerprint density at radius 2 is 2.07 bits per heavy atom. The molecule has 14 heavy (non-hydrogen) atoms. The number of carboxylic acids is 1. The van der Waals surface area contributed by atoms with Gasteiger partial charge in [-0.2, -0.15) is 0 Å². The van der Waals surface area contributed by atoms with Crippen molar-refractivity contribution in [3.8, 4) is 0 Å². The molecule has 0 aromatic carbocycles. The molecule has 0 aliphatic heterocycles. The molecule has 1 atom stereocenters. The normalized spacial score (nSPS) is 11.8. The van der Waals surface area contributed by atoms with Gasteiger partial charge in [-0.3, -0.25) is 19.7 Å². The quantitative estimate of drug-likeness (QED) is 0.373. The summed E-state index contributed by atoms with van der Waals surface area (Å²) < 4.78 is 4.57. The number of nitro groups is 1. The van der Waals surface area contributed by atoms with Crippen molar-refractivity contribution in [1.82, 2.24) is 0 Å². The molecule has 7 heteroatoms. The molecule has 7 nitrogen and oxygen atoms in total. The van der Waals surface area contributed by atoms with Gasteiger partial charge in [0, 0.05) is 4.92 Å². The van der Waals surface area contributed by atoms with E-state index in [1.165, 1.54) is 6.92 Å². The average molecular weight is 205 g/mol. The maximum atomic E-state index is 10.8. The summed E-state index contributed by atoms with van der Waals surface area (Å²) in [6.45, 7) is 0.903. The standard InChI is InChI=1S/C7H11NO6/c1-5(4-8(12)13)14-7(11)3-2-6(9)10/h5H,2-4H2,1H3,(H,9,10)/t5-/m1/s1. The van der Waals surface area contributed by atoms with Crippen molar-refractivity contribution in [2.75, 3.05) is 6.54 Å². The second-order valence-electron chi connectivity index (χ2n) is 2.71. The molecular weight excluding hydrogens is 194 g/mol. The van der Waals surface area contributed by atoms with E-state index in [2.05, 4.69) is 4.74 Å². The SMILES string of the molecule is C[C@H](C[N+](=O)[O-])OC(=O)CCC(=O)O. The lowest BCUT2D eigenvalue weighted by molar-refractivity contribution is -0.489. The molecule has 80 valence electrons. The number of carbonyl (C=O) groups excluding carboxylic acids is 1. The molecule has 0 saturated heterocycles. The van der Waals surface area contributed by atoms with Gasteiger partial charge >= 0.3 is 11.9 Å². The third-order valence-corrected chi connectivity index (χ3v) is 1.28. The molecule has 0 amide bonds. The molecule has 0 fully saturated rings. The first kappa shape index (κ1) is 12.3. The Kier molecular flexibility index (Phi) is 5.20. The van der Waals surface area contributed by atoms with Crippen LogP contribution in [0.2, 0.25) is 0 Å². The number of hydrogen-bond acceptors (Lipinski definition) is 5. The summed E-state index contributed by atoms with van der Waals surface area (Å²) >= 11 is 0. The van der Waals surface area contributed by atoms with E-state index in [0.29, 0.717) is 0 Å². The predicted octanol–water partition coefficient (Wildman–Crippen LogP) is 0.0596. The minimum Gasteiger partial charge on any atom is -0.481 e. The Labute approximate surface area is 79.8 Å². The van der Waals surface area contributed by atoms with Crippen LogP contribution in [0.3, 0.4) is 0 Å². The van der Waals surface area contributed by atoms with Crippen molar-refractivity contribution in [1.29, 1.82) is 0 Å². The van der Waals surface area contributed by atoms with Crippen LogP contribution in [0.15, 0.2) is 0 Å². The number of hydrogen-bond donors (Lipinski definition) is 1. The number of esters is 1. The summed E-state index contributed by atoms with van der Waals surface area (Å²) in [5.74, 6) is -1.84. The molecule has 0 heterocycles. The molecule has 0 saturated carbocycles. The predicted molar refractivity (Wildman–Crippen MR) is 44.3 cm³/mol. The Hall–Kier alpha value is -1.66. The van der Waals surface area contributed by atoms with E-state index >= 15 is 0 Å². The fraction of sp³-hybridized carbons (Fsp3) is 0.714. The number of ether oxygens (including phenoxy) is 1. The first-order valence-electron chi connectivity index (χ1n) is 3.95. The highest BCUT2D eigenvalue weighted by molar-refractivity contribution is 5.76. The summed E-state index contributed by atoms with van der Waals surface area (Å²) in [5.41, 5.74) is 0. The lowest BCUT2D eigenvalue weighted by atomic mass is 10.3. The minimum absolute atomic E-state index is 0.266. The number of nitrogens with zero attached hydrogens (tertiary/aromatic N) is 1. The van der Waals surface area contributed by atoms with E-state index in [-0.39, 0.29) is 12.8 Å². The Morgan fingerprint density at radius 3 is 2.50 bits per heavy atom. The molecule has 0 aromatic rings. The van der Waals surface area contributed by atoms with Gasteiger partial charge in [0.15, 0.2) is 6.10 Å². The number of aliphatic carboxylic acids is 1. The monoisotopic (exact) mass is 205 g/mol. The fourth-order valence-electron chi connectivity index (χ4n) is 0.740. The number of carbonyl (C=O) groups is 2. The van der Waals surface area contributed by atoms with Crippen molar-refractivity contribution in [2.24, 2.45) is 0 Å². The van der Waals surface area contributed by atoms with Crippen LogP contribution in [0.1, 0.15) is 19.8 Å². The highest BCUT2D eigenvalue weighted by Crippen LogP contribution is 1.98. The van der Waals surface area contributed by atoms with E-state index in [4.69, 9.17) is 5.11 Å². The van der Waals surface area contributed by atoms with Gasteiger partial charge in [0.25, 0.3) is 0 Å². The summed E-state index contributed by atoms with van der Waals surface area (Å²) in [7, 11) is 0. The zero-order chi connectivity index (χ0) is 11.1. The van der Waals surface area contributed by atoms with E-state index in [9.17, 15) is 19.7 Å². The lowest BCUT2D eigenvalue weighted by Gasteiger charge is -2.07. The molecule has 0 unspecified atom stereocenters. The maximum absolute atomic E-state index is 10.8. The summed E-state index contributed by atoms with van der Waals surface area (Å²) in [4.78, 5) is 30.3. The fourth-order valence-corrected chi connectivity index (χ4v) is 0.740. The second-order valence-corrected chi connectivity index (χ2v) is 2.71. The van der Waals surface area contributed by atoms with Crippen molar-refractivity contribution in [2.45, 2.75) is 25.9 Å². The van der Waals surface area contributed by atoms with Crippen LogP contribution < -0.4 is 0 Å². The Balaban J connectivity index is 3.71. The number of rotatable bonds is 6. The molecule has 0 aliphatic carbocycles. The highest BCUT2D eigenvalue weighted by atomic mass is 16.6. The second kappa shape index (κ2) is 5.90. The van der Waals surface area contributed by atoms with Gasteiger partial charge in [-0.15, -0.1) is 0 Å². The topological polar surface area (TPSA) is 107 Å². The number of carboxylic acid groups (broad SMARTS) is 1. The Bertz CT molecular complexity index is 238. The van der Waals surface area contributed by atoms with Crippen molar-refractivity contribution < 1.29 is 24.4 Å². The first-order valence-corrected chi connectivity index (χ1v) is 3.95. The van der Waals surface area contributed by atoms with Gasteiger partial charge < -0.3 is 9.84 Å². The van der Waals surface area contributed by atoms with Gasteiger partial charge in [0.05, 0.1) is 12.8 Å². The summed E-state index contributed by atoms with van der Waals surface area (Å²) in [6, 6.07) is 0. The summed E-state index contributed by atoms with van der Waals surface area (Å²) in [6.07, 6.45) is -1.42. The van der Waals surface area contributed by atoms with E-state index in [1.54, 1.807) is 0 Å². The minimum atomic E-state index is -1.11. The lowest BCUT2D eigenvalue weighted by Crippen LogP contribution is -2.23. The Morgan fingerprint density at radius 1 is 1.50 bits per heavy atom. The van der Waals surface area contributed by atoms with E-state index in [0.717, 1.165) is 0 Å². The van der Waals surface area contributed by atoms with Crippen LogP contribution >= 0.6 is 0 Å². The molecule has 0 spiro atoms. The third kappa shape index (κ3) is 7.01. The largest absolute Gasteiger partial charge is 0.481 e. The van der Waals surface area contributed by atoms with Crippen LogP contribution in [-0.4, -0.2) is 34.6 Å². The maximum Gasteiger partial charge on any atom is 0.306 e. The average Bonchev–Trinajstić information content (AvgIpc) is 1.98. The van der Waals surface area contributed by atoms with Crippen LogP contribution in [-0.2, 0) is 14.3 Å². The van der Waals surface area contributed by atoms with E-state index in [1.807, 2.05) is 0 Å². The van der Waals surface area contributed by atoms with Gasteiger partial charge in [-0.25, -0.2) is 0 Å². The first-order chi connectivity index (χ1) is 6.41. The molecule has 0 rings (SSSR count). The van der Waals surface area contributed by atoms with Crippen LogP contribution in [0.25, 0.3) is 0 Å². The van der Waals surface area contributed by atoms with Crippen molar-refractivity contribution >= 4 is 11.9 Å². The van der Waals surface area contributed by atoms with Crippen molar-refractivity contribution in [3.63, 3.8) is 0 Å². The van der Waals surface area contributed by atoms with Crippen LogP contribution in [0.4, 0.5) is 0 Å². The molecule has 0 bridgehead atoms. The molecule has 1 N–H and O–H groups in total. The third-order valence-electron chi connectivity index (χ3n) is 1.28. The molecular formula is C7H11NO6. The summed E-state index contributed by atoms with van der Waals surface area (Å²) in [5, 5.41) is 18.2. The smallest absolute Gasteiger partial charge is 0.306 e.